The lowest BCUT2D eigenvalue weighted by molar-refractivity contribution is -0.142. The Morgan fingerprint density at radius 1 is 1.44 bits per heavy atom. The van der Waals surface area contributed by atoms with Crippen LogP contribution in [0.3, 0.4) is 0 Å². The molecule has 0 aliphatic carbocycles. The quantitative estimate of drug-likeness (QED) is 0.597. The van der Waals surface area contributed by atoms with Crippen molar-refractivity contribution in [2.24, 2.45) is 0 Å². The molecule has 0 saturated heterocycles. The maximum atomic E-state index is 11.4. The van der Waals surface area contributed by atoms with Gasteiger partial charge in [-0.25, -0.2) is 0 Å². The predicted octanol–water partition coefficient (Wildman–Crippen LogP) is 0.218. The van der Waals surface area contributed by atoms with Crippen LogP contribution in [-0.4, -0.2) is 29.7 Å². The molecule has 6 heteroatoms. The highest BCUT2D eigenvalue weighted by atomic mass is 16.5. The topological polar surface area (TPSA) is 79.9 Å². The van der Waals surface area contributed by atoms with Crippen LogP contribution in [0.15, 0.2) is 28.9 Å². The summed E-state index contributed by atoms with van der Waals surface area (Å²) in [6, 6.07) is 4.81. The van der Waals surface area contributed by atoms with E-state index in [9.17, 15) is 4.79 Å². The Hall–Kier alpha value is -1.79. The van der Waals surface area contributed by atoms with E-state index in [4.69, 9.17) is 19.2 Å². The number of carbonyl (C=O) groups is 1. The molecule has 5 nitrogen and oxygen atoms in total. The third-order valence-corrected chi connectivity index (χ3v) is 2.62. The van der Waals surface area contributed by atoms with E-state index in [1.807, 2.05) is 0 Å². The summed E-state index contributed by atoms with van der Waals surface area (Å²) in [5.41, 5.74) is 1.59. The Labute approximate surface area is 104 Å². The Morgan fingerprint density at radius 2 is 2.22 bits per heavy atom. The Kier molecular flexibility index (Phi) is 3.69. The number of esters is 1. The van der Waals surface area contributed by atoms with Crippen molar-refractivity contribution in [1.82, 2.24) is 0 Å². The molecule has 0 atom stereocenters. The van der Waals surface area contributed by atoms with E-state index < -0.39 is 7.12 Å². The lowest BCUT2D eigenvalue weighted by Gasteiger charge is -2.01. The van der Waals surface area contributed by atoms with E-state index in [0.29, 0.717) is 17.7 Å². The SMILES string of the molecule is CCOC(=O)Cc1coc2cc(B(O)O)ccc12. The van der Waals surface area contributed by atoms with Gasteiger partial charge in [-0.05, 0) is 18.5 Å². The maximum absolute atomic E-state index is 11.4. The predicted molar refractivity (Wildman–Crippen MR) is 66.4 cm³/mol. The van der Waals surface area contributed by atoms with Crippen LogP contribution >= 0.6 is 0 Å². The zero-order valence-electron chi connectivity index (χ0n) is 9.92. The van der Waals surface area contributed by atoms with E-state index in [1.165, 1.54) is 12.3 Å². The minimum Gasteiger partial charge on any atom is -0.466 e. The minimum absolute atomic E-state index is 0.141. The van der Waals surface area contributed by atoms with Crippen LogP contribution in [0.4, 0.5) is 0 Å². The van der Waals surface area contributed by atoms with E-state index in [2.05, 4.69) is 0 Å². The molecular weight excluding hydrogens is 235 g/mol. The molecule has 0 aliphatic heterocycles. The van der Waals surface area contributed by atoms with Crippen molar-refractivity contribution < 1.29 is 24.0 Å². The molecule has 0 unspecified atom stereocenters. The minimum atomic E-state index is -1.53. The molecule has 2 aromatic rings. The van der Waals surface area contributed by atoms with Crippen molar-refractivity contribution in [3.05, 3.63) is 30.0 Å². The molecular formula is C12H13BO5. The number of carbonyl (C=O) groups excluding carboxylic acids is 1. The number of benzene rings is 1. The van der Waals surface area contributed by atoms with Crippen molar-refractivity contribution in [3.63, 3.8) is 0 Å². The van der Waals surface area contributed by atoms with Gasteiger partial charge in [-0.2, -0.15) is 0 Å². The molecule has 2 rings (SSSR count). The average molecular weight is 248 g/mol. The molecule has 94 valence electrons. The van der Waals surface area contributed by atoms with Crippen LogP contribution in [0.1, 0.15) is 12.5 Å². The third-order valence-electron chi connectivity index (χ3n) is 2.62. The normalized spacial score (nSPS) is 10.6. The van der Waals surface area contributed by atoms with Crippen LogP contribution in [0.5, 0.6) is 0 Å². The highest BCUT2D eigenvalue weighted by Gasteiger charge is 2.15. The highest BCUT2D eigenvalue weighted by Crippen LogP contribution is 2.20. The van der Waals surface area contributed by atoms with E-state index >= 15 is 0 Å². The summed E-state index contributed by atoms with van der Waals surface area (Å²) in [5.74, 6) is -0.313. The molecule has 0 saturated carbocycles. The first-order valence-corrected chi connectivity index (χ1v) is 5.63. The number of rotatable bonds is 4. The van der Waals surface area contributed by atoms with Crippen molar-refractivity contribution in [2.75, 3.05) is 6.61 Å². The lowest BCUT2D eigenvalue weighted by Crippen LogP contribution is -2.29. The van der Waals surface area contributed by atoms with Gasteiger partial charge in [-0.15, -0.1) is 0 Å². The second-order valence-electron chi connectivity index (χ2n) is 3.87. The van der Waals surface area contributed by atoms with Gasteiger partial charge in [0, 0.05) is 10.9 Å². The van der Waals surface area contributed by atoms with Gasteiger partial charge in [0.25, 0.3) is 0 Å². The monoisotopic (exact) mass is 248 g/mol. The van der Waals surface area contributed by atoms with Crippen molar-refractivity contribution >= 4 is 29.5 Å². The molecule has 0 radical (unpaired) electrons. The number of fused-ring (bicyclic) bond motifs is 1. The molecule has 0 amide bonds. The number of furan rings is 1. The van der Waals surface area contributed by atoms with Gasteiger partial charge in [0.15, 0.2) is 0 Å². The fraction of sp³-hybridized carbons (Fsp3) is 0.250. The van der Waals surface area contributed by atoms with Gasteiger partial charge in [0.05, 0.1) is 19.3 Å². The first-order chi connectivity index (χ1) is 8.61. The Morgan fingerprint density at radius 3 is 2.89 bits per heavy atom. The molecule has 0 aliphatic rings. The van der Waals surface area contributed by atoms with E-state index in [-0.39, 0.29) is 12.4 Å². The van der Waals surface area contributed by atoms with Crippen molar-refractivity contribution in [2.45, 2.75) is 13.3 Å². The standard InChI is InChI=1S/C12H13BO5/c1-2-17-12(14)5-8-7-18-11-6-9(13(15)16)3-4-10(8)11/h3-4,6-7,15-16H,2,5H2,1H3. The van der Waals surface area contributed by atoms with Crippen molar-refractivity contribution in [1.29, 1.82) is 0 Å². The average Bonchev–Trinajstić information content (AvgIpc) is 2.72. The Balaban J connectivity index is 2.28. The van der Waals surface area contributed by atoms with Crippen molar-refractivity contribution in [3.8, 4) is 0 Å². The summed E-state index contributed by atoms with van der Waals surface area (Å²) in [5, 5.41) is 18.9. The number of ether oxygens (including phenoxy) is 1. The summed E-state index contributed by atoms with van der Waals surface area (Å²) >= 11 is 0. The van der Waals surface area contributed by atoms with Gasteiger partial charge in [-0.3, -0.25) is 4.79 Å². The molecule has 1 aromatic carbocycles. The fourth-order valence-corrected chi connectivity index (χ4v) is 1.76. The first kappa shape index (κ1) is 12.7. The van der Waals surface area contributed by atoms with E-state index in [1.54, 1.807) is 19.1 Å². The second-order valence-corrected chi connectivity index (χ2v) is 3.87. The first-order valence-electron chi connectivity index (χ1n) is 5.63. The van der Waals surface area contributed by atoms with Gasteiger partial charge in [0.2, 0.25) is 0 Å². The summed E-state index contributed by atoms with van der Waals surface area (Å²) < 4.78 is 10.2. The molecule has 0 bridgehead atoms. The summed E-state index contributed by atoms with van der Waals surface area (Å²) in [6.45, 7) is 2.09. The molecule has 0 fully saturated rings. The summed E-state index contributed by atoms with van der Waals surface area (Å²) in [4.78, 5) is 11.4. The molecule has 2 N–H and O–H groups in total. The molecule has 18 heavy (non-hydrogen) atoms. The van der Waals surface area contributed by atoms with Crippen LogP contribution in [0.25, 0.3) is 11.0 Å². The molecule has 0 spiro atoms. The molecule has 1 aromatic heterocycles. The maximum Gasteiger partial charge on any atom is 0.488 e. The molecule has 1 heterocycles. The smallest absolute Gasteiger partial charge is 0.466 e. The fourth-order valence-electron chi connectivity index (χ4n) is 1.76. The van der Waals surface area contributed by atoms with Gasteiger partial charge in [-0.1, -0.05) is 12.1 Å². The lowest BCUT2D eigenvalue weighted by atomic mass is 9.80. The van der Waals surface area contributed by atoms with Gasteiger partial charge < -0.3 is 19.2 Å². The zero-order valence-corrected chi connectivity index (χ0v) is 9.92. The van der Waals surface area contributed by atoms with Crippen LogP contribution < -0.4 is 5.46 Å². The van der Waals surface area contributed by atoms with E-state index in [0.717, 1.165) is 10.9 Å². The second kappa shape index (κ2) is 5.24. The van der Waals surface area contributed by atoms with Crippen LogP contribution in [0, 0.1) is 0 Å². The summed E-state index contributed by atoms with van der Waals surface area (Å²) in [7, 11) is -1.53. The van der Waals surface area contributed by atoms with Crippen LogP contribution in [-0.2, 0) is 16.0 Å². The number of hydrogen-bond acceptors (Lipinski definition) is 5. The van der Waals surface area contributed by atoms with Gasteiger partial charge in [0.1, 0.15) is 5.58 Å². The van der Waals surface area contributed by atoms with Crippen LogP contribution in [0.2, 0.25) is 0 Å². The van der Waals surface area contributed by atoms with Gasteiger partial charge >= 0.3 is 13.1 Å². The Bertz CT molecular complexity index is 561. The highest BCUT2D eigenvalue weighted by molar-refractivity contribution is 6.58. The largest absolute Gasteiger partial charge is 0.488 e. The third kappa shape index (κ3) is 2.55. The zero-order chi connectivity index (χ0) is 13.1. The summed E-state index contributed by atoms with van der Waals surface area (Å²) in [6.07, 6.45) is 1.62. The number of hydrogen-bond donors (Lipinski definition) is 2.